The van der Waals surface area contributed by atoms with Gasteiger partial charge >= 0.3 is 0 Å². The van der Waals surface area contributed by atoms with E-state index in [2.05, 4.69) is 49.8 Å². The van der Waals surface area contributed by atoms with Crippen molar-refractivity contribution in [3.63, 3.8) is 0 Å². The number of nitrogens with zero attached hydrogens (tertiary/aromatic N) is 1. The summed E-state index contributed by atoms with van der Waals surface area (Å²) in [5.74, 6) is 0. The van der Waals surface area contributed by atoms with Gasteiger partial charge in [-0.1, -0.05) is 43.0 Å². The first-order chi connectivity index (χ1) is 7.39. The first-order valence-electron chi connectivity index (χ1n) is 5.88. The molecule has 2 rings (SSSR count). The van der Waals surface area contributed by atoms with Gasteiger partial charge in [-0.25, -0.2) is 0 Å². The summed E-state index contributed by atoms with van der Waals surface area (Å²) < 4.78 is 0. The lowest BCUT2D eigenvalue weighted by molar-refractivity contribution is 0.109. The molecule has 0 saturated heterocycles. The number of aliphatic hydroxyl groups excluding tert-OH is 1. The lowest BCUT2D eigenvalue weighted by atomic mass is 9.98. The van der Waals surface area contributed by atoms with Gasteiger partial charge in [0.15, 0.2) is 0 Å². The van der Waals surface area contributed by atoms with Gasteiger partial charge in [0.05, 0.1) is 14.2 Å². The van der Waals surface area contributed by atoms with Crippen LogP contribution in [0.15, 0.2) is 18.2 Å². The van der Waals surface area contributed by atoms with Crippen molar-refractivity contribution in [2.45, 2.75) is 32.3 Å². The van der Waals surface area contributed by atoms with Crippen LogP contribution >= 0.6 is 0 Å². The fourth-order valence-corrected chi connectivity index (χ4v) is 4.27. The van der Waals surface area contributed by atoms with E-state index in [9.17, 15) is 5.11 Å². The number of hydrogen-bond acceptors (Lipinski definition) is 2. The van der Waals surface area contributed by atoms with Gasteiger partial charge in [0.25, 0.3) is 0 Å². The van der Waals surface area contributed by atoms with Crippen LogP contribution < -0.4 is 5.19 Å². The quantitative estimate of drug-likeness (QED) is 0.749. The van der Waals surface area contributed by atoms with Crippen LogP contribution in [0, 0.1) is 0 Å². The summed E-state index contributed by atoms with van der Waals surface area (Å²) in [5, 5.41) is 11.7. The maximum absolute atomic E-state index is 10.3. The van der Waals surface area contributed by atoms with E-state index in [1.807, 2.05) is 0 Å². The zero-order chi connectivity index (χ0) is 11.9. The molecule has 0 fully saturated rings. The number of likely N-dealkylation sites (N-methyl/N-ethyl adjacent to an activating group) is 1. The van der Waals surface area contributed by atoms with E-state index in [0.717, 1.165) is 13.1 Å². The number of hydrogen-bond donors (Lipinski definition) is 1. The smallest absolute Gasteiger partial charge is 0.0918 e. The molecule has 0 radical (unpaired) electrons. The highest BCUT2D eigenvalue weighted by atomic mass is 28.3. The van der Waals surface area contributed by atoms with Gasteiger partial charge in [0.2, 0.25) is 0 Å². The van der Waals surface area contributed by atoms with E-state index in [-0.39, 0.29) is 6.10 Å². The van der Waals surface area contributed by atoms with Crippen LogP contribution in [0.4, 0.5) is 0 Å². The van der Waals surface area contributed by atoms with Gasteiger partial charge in [-0.15, -0.1) is 0 Å². The third kappa shape index (κ3) is 2.07. The Morgan fingerprint density at radius 1 is 1.31 bits per heavy atom. The van der Waals surface area contributed by atoms with Crippen molar-refractivity contribution in [1.82, 2.24) is 4.90 Å². The summed E-state index contributed by atoms with van der Waals surface area (Å²) in [6.07, 6.45) is -0.309. The molecule has 1 heterocycles. The molecule has 0 amide bonds. The van der Waals surface area contributed by atoms with Gasteiger partial charge in [-0.2, -0.15) is 0 Å². The van der Waals surface area contributed by atoms with E-state index >= 15 is 0 Å². The number of rotatable bonds is 1. The summed E-state index contributed by atoms with van der Waals surface area (Å²) >= 11 is 0. The van der Waals surface area contributed by atoms with Crippen LogP contribution in [0.25, 0.3) is 0 Å². The second kappa shape index (κ2) is 3.98. The second-order valence-corrected chi connectivity index (χ2v) is 10.9. The average molecular weight is 235 g/mol. The van der Waals surface area contributed by atoms with Gasteiger partial charge in [0.1, 0.15) is 0 Å². The van der Waals surface area contributed by atoms with Crippen LogP contribution in [0.2, 0.25) is 19.6 Å². The molecule has 0 spiro atoms. The first-order valence-corrected chi connectivity index (χ1v) is 9.38. The maximum atomic E-state index is 10.3. The third-order valence-corrected chi connectivity index (χ3v) is 5.31. The van der Waals surface area contributed by atoms with Crippen molar-refractivity contribution in [3.8, 4) is 0 Å². The van der Waals surface area contributed by atoms with Gasteiger partial charge < -0.3 is 5.11 Å². The Kier molecular flexibility index (Phi) is 2.95. The molecular formula is C13H21NOSi. The summed E-state index contributed by atoms with van der Waals surface area (Å²) in [4.78, 5) is 2.18. The van der Waals surface area contributed by atoms with Crippen molar-refractivity contribution < 1.29 is 5.11 Å². The number of benzene rings is 1. The largest absolute Gasteiger partial charge is 0.387 e. The van der Waals surface area contributed by atoms with E-state index in [1.165, 1.54) is 16.3 Å². The average Bonchev–Trinajstić information content (AvgIpc) is 2.14. The Morgan fingerprint density at radius 3 is 2.62 bits per heavy atom. The lowest BCUT2D eigenvalue weighted by Gasteiger charge is -2.33. The predicted octanol–water partition coefficient (Wildman–Crippen LogP) is 1.71. The molecule has 1 aromatic carbocycles. The Bertz CT molecular complexity index is 397. The monoisotopic (exact) mass is 235 g/mol. The molecule has 0 aliphatic carbocycles. The minimum Gasteiger partial charge on any atom is -0.387 e. The van der Waals surface area contributed by atoms with Crippen molar-refractivity contribution in [2.75, 3.05) is 13.6 Å². The molecule has 3 heteroatoms. The number of aliphatic hydroxyl groups is 1. The summed E-state index contributed by atoms with van der Waals surface area (Å²) in [7, 11) is 0.708. The summed E-state index contributed by atoms with van der Waals surface area (Å²) in [6.45, 7) is 8.74. The van der Waals surface area contributed by atoms with E-state index in [4.69, 9.17) is 0 Å². The second-order valence-electron chi connectivity index (χ2n) is 5.84. The summed E-state index contributed by atoms with van der Waals surface area (Å²) in [6, 6.07) is 6.50. The van der Waals surface area contributed by atoms with Crippen LogP contribution in [0.3, 0.4) is 0 Å². The maximum Gasteiger partial charge on any atom is 0.0918 e. The van der Waals surface area contributed by atoms with Crippen LogP contribution in [-0.4, -0.2) is 31.7 Å². The Balaban J connectivity index is 2.55. The van der Waals surface area contributed by atoms with Crippen LogP contribution in [-0.2, 0) is 6.54 Å². The van der Waals surface area contributed by atoms with Crippen LogP contribution in [0.1, 0.15) is 17.2 Å². The molecule has 0 saturated carbocycles. The number of β-amino-alcohol motifs (C(OH)–C–C–N with tert-alkyl or cyclic N) is 1. The van der Waals surface area contributed by atoms with E-state index in [0.29, 0.717) is 0 Å². The fourth-order valence-electron chi connectivity index (χ4n) is 2.54. The van der Waals surface area contributed by atoms with Gasteiger partial charge in [-0.3, -0.25) is 4.90 Å². The standard InChI is InChI=1S/C13H21NOSi/c1-14-8-10-6-5-7-12(16(2,3)4)13(10)11(15)9-14/h5-7,11,15H,8-9H2,1-4H3/t11-/m0/s1. The molecular weight excluding hydrogens is 214 g/mol. The SMILES string of the molecule is CN1Cc2cccc([Si](C)(C)C)c2[C@@H](O)C1. The highest BCUT2D eigenvalue weighted by Gasteiger charge is 2.29. The molecule has 88 valence electrons. The predicted molar refractivity (Wildman–Crippen MR) is 70.7 cm³/mol. The van der Waals surface area contributed by atoms with Crippen molar-refractivity contribution in [3.05, 3.63) is 29.3 Å². The minimum absolute atomic E-state index is 0.309. The molecule has 1 N–H and O–H groups in total. The Hall–Kier alpha value is -0.643. The third-order valence-electron chi connectivity index (χ3n) is 3.26. The minimum atomic E-state index is -1.35. The van der Waals surface area contributed by atoms with Crippen LogP contribution in [0.5, 0.6) is 0 Å². The van der Waals surface area contributed by atoms with E-state index in [1.54, 1.807) is 0 Å². The molecule has 0 aromatic heterocycles. The van der Waals surface area contributed by atoms with Gasteiger partial charge in [0, 0.05) is 13.1 Å². The molecule has 16 heavy (non-hydrogen) atoms. The van der Waals surface area contributed by atoms with E-state index < -0.39 is 8.07 Å². The lowest BCUT2D eigenvalue weighted by Crippen LogP contribution is -2.44. The topological polar surface area (TPSA) is 23.5 Å². The Morgan fingerprint density at radius 2 is 2.00 bits per heavy atom. The van der Waals surface area contributed by atoms with Crippen molar-refractivity contribution in [2.24, 2.45) is 0 Å². The van der Waals surface area contributed by atoms with Gasteiger partial charge in [-0.05, 0) is 18.2 Å². The van der Waals surface area contributed by atoms with Crippen molar-refractivity contribution >= 4 is 13.3 Å². The molecule has 0 bridgehead atoms. The fraction of sp³-hybridized carbons (Fsp3) is 0.538. The number of fused-ring (bicyclic) bond motifs is 1. The molecule has 1 aliphatic heterocycles. The van der Waals surface area contributed by atoms with Crippen molar-refractivity contribution in [1.29, 1.82) is 0 Å². The zero-order valence-corrected chi connectivity index (χ0v) is 11.6. The zero-order valence-electron chi connectivity index (χ0n) is 10.6. The molecule has 1 atom stereocenters. The summed E-state index contributed by atoms with van der Waals surface area (Å²) in [5.41, 5.74) is 2.53. The molecule has 1 aromatic rings. The Labute approximate surface area is 98.9 Å². The molecule has 0 unspecified atom stereocenters. The highest BCUT2D eigenvalue weighted by Crippen LogP contribution is 2.25. The highest BCUT2D eigenvalue weighted by molar-refractivity contribution is 6.89. The normalized spacial score (nSPS) is 21.9. The molecule has 1 aliphatic rings. The first kappa shape index (κ1) is 11.8. The molecule has 2 nitrogen and oxygen atoms in total.